The van der Waals surface area contributed by atoms with Gasteiger partial charge >= 0.3 is 0 Å². The van der Waals surface area contributed by atoms with Crippen LogP contribution in [0, 0.1) is 5.92 Å². The SMILES string of the molecule is CC(=O)Nc1ccncc1.O=C(NC1=NC2CNCC2CS1)c1ccccc1. The average molecular weight is 398 g/mol. The minimum Gasteiger partial charge on any atom is -0.326 e. The second kappa shape index (κ2) is 10.0. The maximum Gasteiger partial charge on any atom is 0.257 e. The van der Waals surface area contributed by atoms with Crippen LogP contribution in [0.4, 0.5) is 5.69 Å². The molecule has 2 aliphatic rings. The molecule has 146 valence electrons. The van der Waals surface area contributed by atoms with Crippen molar-refractivity contribution in [2.45, 2.75) is 13.0 Å². The number of amidine groups is 1. The first-order valence-corrected chi connectivity index (χ1v) is 10.1. The molecule has 0 saturated carbocycles. The summed E-state index contributed by atoms with van der Waals surface area (Å²) in [6.07, 6.45) is 3.26. The number of nitrogens with zero attached hydrogens (tertiary/aromatic N) is 2. The molecule has 7 nitrogen and oxygen atoms in total. The van der Waals surface area contributed by atoms with Gasteiger partial charge in [-0.1, -0.05) is 30.0 Å². The van der Waals surface area contributed by atoms with Crippen LogP contribution in [0.15, 0.2) is 59.9 Å². The molecule has 1 aromatic carbocycles. The monoisotopic (exact) mass is 397 g/mol. The van der Waals surface area contributed by atoms with Gasteiger partial charge in [0.2, 0.25) is 5.91 Å². The molecule has 0 aliphatic carbocycles. The zero-order valence-corrected chi connectivity index (χ0v) is 16.4. The average Bonchev–Trinajstić information content (AvgIpc) is 3.17. The number of anilines is 1. The van der Waals surface area contributed by atoms with E-state index in [1.807, 2.05) is 30.3 Å². The molecule has 0 spiro atoms. The number of benzene rings is 1. The molecule has 1 aromatic heterocycles. The van der Waals surface area contributed by atoms with E-state index in [4.69, 9.17) is 0 Å². The number of amides is 2. The molecule has 2 unspecified atom stereocenters. The molecule has 3 heterocycles. The molecule has 4 rings (SSSR count). The Morgan fingerprint density at radius 3 is 2.54 bits per heavy atom. The molecule has 8 heteroatoms. The van der Waals surface area contributed by atoms with Gasteiger partial charge in [-0.25, -0.2) is 0 Å². The third kappa shape index (κ3) is 5.90. The van der Waals surface area contributed by atoms with Gasteiger partial charge in [-0.3, -0.25) is 19.6 Å². The number of hydrogen-bond acceptors (Lipinski definition) is 6. The molecular weight excluding hydrogens is 374 g/mol. The molecule has 28 heavy (non-hydrogen) atoms. The Morgan fingerprint density at radius 2 is 1.82 bits per heavy atom. The minimum absolute atomic E-state index is 0.0637. The summed E-state index contributed by atoms with van der Waals surface area (Å²) in [6.45, 7) is 3.44. The van der Waals surface area contributed by atoms with Crippen molar-refractivity contribution in [3.63, 3.8) is 0 Å². The fraction of sp³-hybridized carbons (Fsp3) is 0.300. The summed E-state index contributed by atoms with van der Waals surface area (Å²) >= 11 is 1.64. The second-order valence-corrected chi connectivity index (χ2v) is 7.48. The van der Waals surface area contributed by atoms with Gasteiger partial charge in [-0.2, -0.15) is 0 Å². The molecule has 2 aromatic rings. The standard InChI is InChI=1S/C13H15N3OS.C7H8N2O/c17-12(9-4-2-1-3-5-9)16-13-15-11-7-14-6-10(11)8-18-13;1-6(10)9-7-2-4-8-5-3-7/h1-5,10-11,14H,6-8H2,(H,15,16,17);2-5H,1H3,(H,8,9,10). The van der Waals surface area contributed by atoms with Crippen LogP contribution in [0.3, 0.4) is 0 Å². The van der Waals surface area contributed by atoms with Crippen LogP contribution in [0.2, 0.25) is 0 Å². The zero-order valence-electron chi connectivity index (χ0n) is 15.6. The molecule has 0 radical (unpaired) electrons. The molecule has 1 saturated heterocycles. The summed E-state index contributed by atoms with van der Waals surface area (Å²) in [5, 5.41) is 9.61. The highest BCUT2D eigenvalue weighted by atomic mass is 32.2. The summed E-state index contributed by atoms with van der Waals surface area (Å²) in [5.74, 6) is 1.51. The molecular formula is C20H23N5O2S. The van der Waals surface area contributed by atoms with Crippen molar-refractivity contribution in [1.29, 1.82) is 0 Å². The topological polar surface area (TPSA) is 95.5 Å². The lowest BCUT2D eigenvalue weighted by molar-refractivity contribution is -0.114. The van der Waals surface area contributed by atoms with Crippen molar-refractivity contribution in [1.82, 2.24) is 15.6 Å². The highest BCUT2D eigenvalue weighted by Crippen LogP contribution is 2.24. The molecule has 3 N–H and O–H groups in total. The molecule has 2 amide bonds. The Balaban J connectivity index is 0.000000192. The first-order chi connectivity index (χ1) is 13.6. The molecule has 1 fully saturated rings. The maximum absolute atomic E-state index is 12.0. The first kappa shape index (κ1) is 20.0. The van der Waals surface area contributed by atoms with Crippen molar-refractivity contribution >= 4 is 34.4 Å². The van der Waals surface area contributed by atoms with Crippen LogP contribution >= 0.6 is 11.8 Å². The maximum atomic E-state index is 12.0. The number of nitrogens with one attached hydrogen (secondary N) is 3. The summed E-state index contributed by atoms with van der Waals surface area (Å²) in [6, 6.07) is 13.1. The van der Waals surface area contributed by atoms with Gasteiger partial charge in [-0.15, -0.1) is 0 Å². The van der Waals surface area contributed by atoms with Crippen LogP contribution in [0.1, 0.15) is 17.3 Å². The number of thioether (sulfide) groups is 1. The van der Waals surface area contributed by atoms with Crippen molar-refractivity contribution in [3.8, 4) is 0 Å². The van der Waals surface area contributed by atoms with E-state index < -0.39 is 0 Å². The molecule has 2 atom stereocenters. The van der Waals surface area contributed by atoms with Crippen LogP contribution in [-0.2, 0) is 4.79 Å². The van der Waals surface area contributed by atoms with Crippen molar-refractivity contribution < 1.29 is 9.59 Å². The van der Waals surface area contributed by atoms with E-state index in [9.17, 15) is 9.59 Å². The van der Waals surface area contributed by atoms with E-state index in [-0.39, 0.29) is 11.8 Å². The van der Waals surface area contributed by atoms with E-state index >= 15 is 0 Å². The number of carbonyl (C=O) groups is 2. The Labute approximate surface area is 168 Å². The zero-order chi connectivity index (χ0) is 19.8. The normalized spacial score (nSPS) is 20.1. The van der Waals surface area contributed by atoms with Crippen molar-refractivity contribution in [2.75, 3.05) is 24.2 Å². The van der Waals surface area contributed by atoms with Crippen LogP contribution < -0.4 is 16.0 Å². The fourth-order valence-electron chi connectivity index (χ4n) is 2.88. The van der Waals surface area contributed by atoms with E-state index in [1.54, 1.807) is 36.3 Å². The van der Waals surface area contributed by atoms with Gasteiger partial charge in [0.05, 0.1) is 6.04 Å². The van der Waals surface area contributed by atoms with Crippen molar-refractivity contribution in [2.24, 2.45) is 10.9 Å². The Hall–Kier alpha value is -2.71. The Bertz CT molecular complexity index is 829. The molecule has 2 aliphatic heterocycles. The fourth-order valence-corrected chi connectivity index (χ4v) is 3.97. The summed E-state index contributed by atoms with van der Waals surface area (Å²) in [5.41, 5.74) is 1.45. The predicted molar refractivity (Wildman–Crippen MR) is 112 cm³/mol. The van der Waals surface area contributed by atoms with Gasteiger partial charge in [0.15, 0.2) is 5.17 Å². The summed E-state index contributed by atoms with van der Waals surface area (Å²) in [7, 11) is 0. The quantitative estimate of drug-likeness (QED) is 0.722. The van der Waals surface area contributed by atoms with E-state index in [0.717, 1.165) is 29.7 Å². The largest absolute Gasteiger partial charge is 0.326 e. The van der Waals surface area contributed by atoms with E-state index in [0.29, 0.717) is 17.5 Å². The number of pyridine rings is 1. The van der Waals surface area contributed by atoms with Crippen LogP contribution in [0.5, 0.6) is 0 Å². The molecule has 0 bridgehead atoms. The highest BCUT2D eigenvalue weighted by Gasteiger charge is 2.31. The third-order valence-electron chi connectivity index (χ3n) is 4.28. The van der Waals surface area contributed by atoms with Crippen LogP contribution in [0.25, 0.3) is 0 Å². The number of fused-ring (bicyclic) bond motifs is 1. The number of aliphatic imine (C=N–C) groups is 1. The van der Waals surface area contributed by atoms with Gasteiger partial charge in [0.25, 0.3) is 5.91 Å². The van der Waals surface area contributed by atoms with Gasteiger partial charge in [-0.05, 0) is 24.3 Å². The van der Waals surface area contributed by atoms with Gasteiger partial charge in [0, 0.05) is 55.3 Å². The predicted octanol–water partition coefficient (Wildman–Crippen LogP) is 2.15. The van der Waals surface area contributed by atoms with Gasteiger partial charge < -0.3 is 16.0 Å². The summed E-state index contributed by atoms with van der Waals surface area (Å²) < 4.78 is 0. The minimum atomic E-state index is -0.0775. The van der Waals surface area contributed by atoms with Gasteiger partial charge in [0.1, 0.15) is 0 Å². The summed E-state index contributed by atoms with van der Waals surface area (Å²) in [4.78, 5) is 30.9. The highest BCUT2D eigenvalue weighted by molar-refractivity contribution is 8.13. The van der Waals surface area contributed by atoms with E-state index in [1.165, 1.54) is 6.92 Å². The second-order valence-electron chi connectivity index (χ2n) is 6.47. The lowest BCUT2D eigenvalue weighted by Gasteiger charge is -2.22. The number of aromatic nitrogens is 1. The first-order valence-electron chi connectivity index (χ1n) is 9.07. The van der Waals surface area contributed by atoms with Crippen LogP contribution in [-0.4, -0.2) is 46.9 Å². The number of rotatable bonds is 2. The van der Waals surface area contributed by atoms with E-state index in [2.05, 4.69) is 25.9 Å². The Kier molecular flexibility index (Phi) is 7.16. The van der Waals surface area contributed by atoms with Crippen molar-refractivity contribution in [3.05, 3.63) is 60.4 Å². The Morgan fingerprint density at radius 1 is 1.07 bits per heavy atom. The lowest BCUT2D eigenvalue weighted by Crippen LogP contribution is -2.35. The lowest BCUT2D eigenvalue weighted by atomic mass is 10.1. The smallest absolute Gasteiger partial charge is 0.257 e. The third-order valence-corrected chi connectivity index (χ3v) is 5.35. The number of hydrogen-bond donors (Lipinski definition) is 3. The number of carbonyl (C=O) groups excluding carboxylic acids is 2.